The van der Waals surface area contributed by atoms with E-state index in [1.165, 1.54) is 12.2 Å². The van der Waals surface area contributed by atoms with Gasteiger partial charge in [-0.05, 0) is 30.2 Å². The molecule has 176 valence electrons. The molecule has 1 aromatic rings. The predicted molar refractivity (Wildman–Crippen MR) is 108 cm³/mol. The number of nitrogens with one attached hydrogen (secondary N) is 1. The molecule has 1 heterocycles. The fraction of sp³-hybridized carbons (Fsp3) is 0.227. The van der Waals surface area contributed by atoms with E-state index in [2.05, 4.69) is 11.6 Å². The molecule has 2 aliphatic rings. The maximum atomic E-state index is 14.6. The number of halogens is 8. The summed E-state index contributed by atoms with van der Waals surface area (Å²) in [4.78, 5) is 3.22. The van der Waals surface area contributed by atoms with Crippen LogP contribution in [-0.4, -0.2) is 25.4 Å². The van der Waals surface area contributed by atoms with E-state index in [1.807, 2.05) is 5.32 Å². The molecule has 0 spiro atoms. The minimum absolute atomic E-state index is 0.0752. The van der Waals surface area contributed by atoms with E-state index in [-0.39, 0.29) is 27.9 Å². The van der Waals surface area contributed by atoms with Gasteiger partial charge in [0, 0.05) is 23.1 Å². The van der Waals surface area contributed by atoms with E-state index in [4.69, 9.17) is 4.42 Å². The molecule has 0 saturated heterocycles. The van der Waals surface area contributed by atoms with Crippen LogP contribution in [0.4, 0.5) is 40.8 Å². The summed E-state index contributed by atoms with van der Waals surface area (Å²) < 4.78 is 110. The van der Waals surface area contributed by atoms with Crippen molar-refractivity contribution in [2.24, 2.45) is 4.99 Å². The normalized spacial score (nSPS) is 13.7. The summed E-state index contributed by atoms with van der Waals surface area (Å²) >= 11 is 0. The summed E-state index contributed by atoms with van der Waals surface area (Å²) in [5, 5.41) is 1.43. The molecule has 0 atom stereocenters. The third-order valence-electron chi connectivity index (χ3n) is 4.55. The fourth-order valence-corrected chi connectivity index (χ4v) is 3.23. The lowest BCUT2D eigenvalue weighted by Gasteiger charge is -2.17. The number of hydrogen-bond acceptors (Lipinski definition) is 3. The molecule has 0 fully saturated rings. The molecule has 1 aromatic carbocycles. The molecule has 3 rings (SSSR count). The van der Waals surface area contributed by atoms with E-state index < -0.39 is 48.1 Å². The summed E-state index contributed by atoms with van der Waals surface area (Å²) in [6.07, 6.45) is -6.33. The highest BCUT2D eigenvalue weighted by molar-refractivity contribution is 5.99. The lowest BCUT2D eigenvalue weighted by Crippen LogP contribution is -2.21. The van der Waals surface area contributed by atoms with Crippen LogP contribution in [0.2, 0.25) is 0 Å². The molecule has 0 unspecified atom stereocenters. The van der Waals surface area contributed by atoms with Gasteiger partial charge in [0.25, 0.3) is 0 Å². The Labute approximate surface area is 182 Å². The quantitative estimate of drug-likeness (QED) is 0.249. The smallest absolute Gasteiger partial charge is 0.407 e. The third kappa shape index (κ3) is 5.71. The molecule has 0 saturated carbocycles. The van der Waals surface area contributed by atoms with Crippen LogP contribution in [0, 0.1) is 11.6 Å². The van der Waals surface area contributed by atoms with Crippen molar-refractivity contribution in [3.8, 4) is 11.3 Å². The largest absolute Gasteiger partial charge is 0.456 e. The van der Waals surface area contributed by atoms with Crippen LogP contribution >= 0.6 is 0 Å². The maximum absolute atomic E-state index is 14.6. The molecule has 33 heavy (non-hydrogen) atoms. The van der Waals surface area contributed by atoms with E-state index >= 15 is 0 Å². The van der Waals surface area contributed by atoms with Crippen LogP contribution in [0.25, 0.3) is 27.9 Å². The first-order chi connectivity index (χ1) is 15.3. The Hall–Kier alpha value is -3.37. The lowest BCUT2D eigenvalue weighted by molar-refractivity contribution is -0.118. The van der Waals surface area contributed by atoms with Gasteiger partial charge in [-0.2, -0.15) is 26.3 Å². The molecule has 0 bridgehead atoms. The van der Waals surface area contributed by atoms with Gasteiger partial charge in [-0.1, -0.05) is 18.7 Å². The molecular formula is C22H16F8N2O. The van der Waals surface area contributed by atoms with Crippen LogP contribution in [0.1, 0.15) is 12.5 Å². The summed E-state index contributed by atoms with van der Waals surface area (Å²) in [6, 6.07) is 3.80. The first-order valence-electron chi connectivity index (χ1n) is 9.36. The Kier molecular flexibility index (Phi) is 6.53. The average molecular weight is 476 g/mol. The number of nitrogens with zero attached hydrogens (tertiary/aromatic N) is 1. The van der Waals surface area contributed by atoms with Crippen molar-refractivity contribution in [3.63, 3.8) is 0 Å². The standard InChI is InChI=1S/C22H16F8N2O/c1-3-4-11(2)20-12-5-14(23)16(31-9-21(25,26)27)7-18(12)33-19-8-17(15(24)6-13(19)20)32-10-22(28,29)30/h3-8,31H,1,9-10H2,2H3/b11-4+,32-17?. The minimum atomic E-state index is -4.66. The van der Waals surface area contributed by atoms with Gasteiger partial charge in [0.05, 0.1) is 11.0 Å². The van der Waals surface area contributed by atoms with Gasteiger partial charge in [0.15, 0.2) is 0 Å². The van der Waals surface area contributed by atoms with Crippen LogP contribution in [-0.2, 0) is 0 Å². The second-order valence-corrected chi connectivity index (χ2v) is 7.09. The number of anilines is 1. The molecule has 0 amide bonds. The van der Waals surface area contributed by atoms with Gasteiger partial charge in [0.2, 0.25) is 0 Å². The van der Waals surface area contributed by atoms with E-state index in [1.54, 1.807) is 6.92 Å². The molecule has 0 radical (unpaired) electrons. The molecule has 1 N–H and O–H groups in total. The molecule has 11 heteroatoms. The summed E-state index contributed by atoms with van der Waals surface area (Å²) in [7, 11) is 0. The molecule has 0 aromatic heterocycles. The van der Waals surface area contributed by atoms with Crippen LogP contribution < -0.4 is 10.7 Å². The Morgan fingerprint density at radius 3 is 2.33 bits per heavy atom. The van der Waals surface area contributed by atoms with E-state index in [0.717, 1.165) is 24.3 Å². The summed E-state index contributed by atoms with van der Waals surface area (Å²) in [5.74, 6) is -2.16. The third-order valence-corrected chi connectivity index (χ3v) is 4.55. The van der Waals surface area contributed by atoms with E-state index in [9.17, 15) is 35.1 Å². The van der Waals surface area contributed by atoms with Crippen molar-refractivity contribution in [2.45, 2.75) is 19.3 Å². The number of benzene rings is 2. The second-order valence-electron chi connectivity index (χ2n) is 7.09. The molecule has 3 nitrogen and oxygen atoms in total. The maximum Gasteiger partial charge on any atom is 0.407 e. The van der Waals surface area contributed by atoms with Crippen molar-refractivity contribution in [1.82, 2.24) is 0 Å². The van der Waals surface area contributed by atoms with Crippen molar-refractivity contribution >= 4 is 22.2 Å². The van der Waals surface area contributed by atoms with Gasteiger partial charge in [-0.25, -0.2) is 8.78 Å². The second kappa shape index (κ2) is 8.87. The van der Waals surface area contributed by atoms with Crippen LogP contribution in [0.15, 0.2) is 52.4 Å². The number of hydrogen-bond donors (Lipinski definition) is 1. The highest BCUT2D eigenvalue weighted by Gasteiger charge is 2.28. The zero-order valence-electron chi connectivity index (χ0n) is 17.0. The Bertz CT molecular complexity index is 1270. The predicted octanol–water partition coefficient (Wildman–Crippen LogP) is 6.84. The zero-order valence-corrected chi connectivity index (χ0v) is 17.0. The van der Waals surface area contributed by atoms with Crippen molar-refractivity contribution in [2.75, 3.05) is 18.4 Å². The molecular weight excluding hydrogens is 460 g/mol. The van der Waals surface area contributed by atoms with E-state index in [0.29, 0.717) is 5.57 Å². The highest BCUT2D eigenvalue weighted by atomic mass is 19.4. The van der Waals surface area contributed by atoms with Gasteiger partial charge in [-0.15, -0.1) is 0 Å². The number of allylic oxidation sites excluding steroid dienone is 3. The average Bonchev–Trinajstić information content (AvgIpc) is 2.68. The van der Waals surface area contributed by atoms with Gasteiger partial charge < -0.3 is 9.73 Å². The van der Waals surface area contributed by atoms with Gasteiger partial charge in [-0.3, -0.25) is 4.99 Å². The zero-order chi connectivity index (χ0) is 24.6. The summed E-state index contributed by atoms with van der Waals surface area (Å²) in [6.45, 7) is 2.03. The minimum Gasteiger partial charge on any atom is -0.456 e. The van der Waals surface area contributed by atoms with Crippen molar-refractivity contribution in [1.29, 1.82) is 0 Å². The SMILES string of the molecule is C=C/C=C(\C)c1c2cc(F)c(=NCC(F)(F)F)cc-2oc2cc(NCC(F)(F)F)c(F)cc12. The monoisotopic (exact) mass is 476 g/mol. The van der Waals surface area contributed by atoms with Crippen molar-refractivity contribution in [3.05, 3.63) is 65.6 Å². The topological polar surface area (TPSA) is 37.5 Å². The van der Waals surface area contributed by atoms with Gasteiger partial charge >= 0.3 is 12.4 Å². The number of rotatable bonds is 5. The molecule has 1 aliphatic heterocycles. The van der Waals surface area contributed by atoms with Crippen molar-refractivity contribution < 1.29 is 39.5 Å². The van der Waals surface area contributed by atoms with Crippen LogP contribution in [0.3, 0.4) is 0 Å². The number of alkyl halides is 6. The van der Waals surface area contributed by atoms with Crippen LogP contribution in [0.5, 0.6) is 0 Å². The Morgan fingerprint density at radius 1 is 1.03 bits per heavy atom. The summed E-state index contributed by atoms with van der Waals surface area (Å²) in [5.41, 5.74) is 0.285. The Morgan fingerprint density at radius 2 is 1.73 bits per heavy atom. The Balaban J connectivity index is 2.32. The first kappa shape index (κ1) is 24.3. The van der Waals surface area contributed by atoms with Gasteiger partial charge in [0.1, 0.15) is 36.1 Å². The highest BCUT2D eigenvalue weighted by Crippen LogP contribution is 2.39. The molecule has 1 aliphatic carbocycles. The fourth-order valence-electron chi connectivity index (χ4n) is 3.23. The number of fused-ring (bicyclic) bond motifs is 2. The first-order valence-corrected chi connectivity index (χ1v) is 9.36. The lowest BCUT2D eigenvalue weighted by atomic mass is 9.93.